The summed E-state index contributed by atoms with van der Waals surface area (Å²) in [6, 6.07) is 6.06. The van der Waals surface area contributed by atoms with Crippen molar-refractivity contribution in [3.05, 3.63) is 34.9 Å². The lowest BCUT2D eigenvalue weighted by Crippen LogP contribution is -2.32. The summed E-state index contributed by atoms with van der Waals surface area (Å²) in [5.74, 6) is 0. The average Bonchev–Trinajstić information content (AvgIpc) is 2.35. The minimum Gasteiger partial charge on any atom is -0.453 e. The standard InChI is InChI=1S/C11H12ClNO3S/c1-16-11(15)13-9(10(14)17-2)7-5-3-4-6-8(7)12/h3-6,9H,1-2H3,(H,13,15)/t9-/m1/s1. The van der Waals surface area contributed by atoms with Gasteiger partial charge in [-0.25, -0.2) is 4.79 Å². The molecule has 0 unspecified atom stereocenters. The third kappa shape index (κ3) is 3.64. The Labute approximate surface area is 109 Å². The second kappa shape index (κ2) is 6.51. The number of rotatable bonds is 3. The summed E-state index contributed by atoms with van der Waals surface area (Å²) in [6.07, 6.45) is 0.975. The maximum absolute atomic E-state index is 11.8. The van der Waals surface area contributed by atoms with Gasteiger partial charge in [-0.15, -0.1) is 0 Å². The summed E-state index contributed by atoms with van der Waals surface area (Å²) in [6.45, 7) is 0. The molecule has 1 atom stereocenters. The molecule has 0 aliphatic rings. The third-order valence-corrected chi connectivity index (χ3v) is 3.08. The molecule has 0 aliphatic carbocycles. The Balaban J connectivity index is 3.02. The number of carbonyl (C=O) groups excluding carboxylic acids is 2. The number of nitrogens with one attached hydrogen (secondary N) is 1. The molecule has 4 nitrogen and oxygen atoms in total. The van der Waals surface area contributed by atoms with Gasteiger partial charge >= 0.3 is 6.09 Å². The van der Waals surface area contributed by atoms with Gasteiger partial charge in [0.1, 0.15) is 6.04 Å². The molecule has 0 radical (unpaired) electrons. The molecule has 0 bridgehead atoms. The van der Waals surface area contributed by atoms with Crippen LogP contribution >= 0.6 is 23.4 Å². The van der Waals surface area contributed by atoms with Crippen LogP contribution in [-0.4, -0.2) is 24.6 Å². The van der Waals surface area contributed by atoms with Crippen molar-refractivity contribution in [1.82, 2.24) is 5.32 Å². The fraction of sp³-hybridized carbons (Fsp3) is 0.273. The van der Waals surface area contributed by atoms with Crippen molar-refractivity contribution in [1.29, 1.82) is 0 Å². The monoisotopic (exact) mass is 273 g/mol. The number of hydrogen-bond donors (Lipinski definition) is 1. The van der Waals surface area contributed by atoms with E-state index < -0.39 is 12.1 Å². The Morgan fingerprint density at radius 1 is 1.41 bits per heavy atom. The van der Waals surface area contributed by atoms with E-state index in [0.717, 1.165) is 11.8 Å². The molecule has 0 aromatic heterocycles. The molecule has 1 aromatic rings. The second-order valence-electron chi connectivity index (χ2n) is 3.11. The molecular formula is C11H12ClNO3S. The number of hydrogen-bond acceptors (Lipinski definition) is 4. The molecular weight excluding hydrogens is 262 g/mol. The highest BCUT2D eigenvalue weighted by Crippen LogP contribution is 2.26. The molecule has 6 heteroatoms. The SMILES string of the molecule is COC(=O)N[C@@H](C(=O)SC)c1ccccc1Cl. The second-order valence-corrected chi connectivity index (χ2v) is 4.33. The van der Waals surface area contributed by atoms with Gasteiger partial charge in [-0.05, 0) is 12.3 Å². The highest BCUT2D eigenvalue weighted by Gasteiger charge is 2.24. The van der Waals surface area contributed by atoms with Crippen LogP contribution in [0.3, 0.4) is 0 Å². The first-order chi connectivity index (χ1) is 8.10. The smallest absolute Gasteiger partial charge is 0.407 e. The molecule has 0 aliphatic heterocycles. The van der Waals surface area contributed by atoms with Gasteiger partial charge in [0.15, 0.2) is 0 Å². The maximum Gasteiger partial charge on any atom is 0.407 e. The van der Waals surface area contributed by atoms with Crippen molar-refractivity contribution in [3.63, 3.8) is 0 Å². The minimum atomic E-state index is -0.800. The maximum atomic E-state index is 11.8. The summed E-state index contributed by atoms with van der Waals surface area (Å²) < 4.78 is 4.48. The van der Waals surface area contributed by atoms with Crippen molar-refractivity contribution in [3.8, 4) is 0 Å². The number of ether oxygens (including phenoxy) is 1. The average molecular weight is 274 g/mol. The van der Waals surface area contributed by atoms with Gasteiger partial charge in [0.25, 0.3) is 0 Å². The number of thioether (sulfide) groups is 1. The predicted octanol–water partition coefficient (Wildman–Crippen LogP) is 2.63. The number of benzene rings is 1. The molecule has 1 rings (SSSR count). The molecule has 92 valence electrons. The zero-order valence-electron chi connectivity index (χ0n) is 9.40. The molecule has 0 fully saturated rings. The molecule has 0 spiro atoms. The van der Waals surface area contributed by atoms with Crippen molar-refractivity contribution < 1.29 is 14.3 Å². The minimum absolute atomic E-state index is 0.205. The highest BCUT2D eigenvalue weighted by molar-refractivity contribution is 8.13. The first-order valence-electron chi connectivity index (χ1n) is 4.77. The van der Waals surface area contributed by atoms with E-state index in [0.29, 0.717) is 10.6 Å². The molecule has 1 N–H and O–H groups in total. The van der Waals surface area contributed by atoms with E-state index in [1.54, 1.807) is 30.5 Å². The number of alkyl carbamates (subject to hydrolysis) is 1. The van der Waals surface area contributed by atoms with E-state index in [-0.39, 0.29) is 5.12 Å². The summed E-state index contributed by atoms with van der Waals surface area (Å²) >= 11 is 7.01. The Bertz CT molecular complexity index is 425. The summed E-state index contributed by atoms with van der Waals surface area (Å²) in [5.41, 5.74) is 0.555. The zero-order valence-corrected chi connectivity index (χ0v) is 11.0. The van der Waals surface area contributed by atoms with Crippen molar-refractivity contribution in [2.75, 3.05) is 13.4 Å². The van der Waals surface area contributed by atoms with Crippen LogP contribution in [0, 0.1) is 0 Å². The van der Waals surface area contributed by atoms with Crippen LogP contribution in [-0.2, 0) is 9.53 Å². The quantitative estimate of drug-likeness (QED) is 0.920. The number of carbonyl (C=O) groups is 2. The largest absolute Gasteiger partial charge is 0.453 e. The highest BCUT2D eigenvalue weighted by atomic mass is 35.5. The molecule has 0 saturated carbocycles. The Kier molecular flexibility index (Phi) is 5.31. The normalized spacial score (nSPS) is 11.7. The van der Waals surface area contributed by atoms with Crippen LogP contribution in [0.15, 0.2) is 24.3 Å². The summed E-state index contributed by atoms with van der Waals surface area (Å²) in [4.78, 5) is 22.9. The fourth-order valence-corrected chi connectivity index (χ4v) is 1.93. The Hall–Kier alpha value is -1.20. The Morgan fingerprint density at radius 2 is 2.06 bits per heavy atom. The molecule has 1 amide bonds. The van der Waals surface area contributed by atoms with Crippen molar-refractivity contribution >= 4 is 34.6 Å². The van der Waals surface area contributed by atoms with Crippen molar-refractivity contribution in [2.45, 2.75) is 6.04 Å². The van der Waals surface area contributed by atoms with Crippen LogP contribution in [0.4, 0.5) is 4.79 Å². The zero-order chi connectivity index (χ0) is 12.8. The van der Waals surface area contributed by atoms with Crippen LogP contribution in [0.25, 0.3) is 0 Å². The van der Waals surface area contributed by atoms with Crippen LogP contribution in [0.5, 0.6) is 0 Å². The van der Waals surface area contributed by atoms with Crippen LogP contribution in [0.2, 0.25) is 5.02 Å². The number of amides is 1. The van der Waals surface area contributed by atoms with Gasteiger partial charge in [0.2, 0.25) is 5.12 Å². The first-order valence-corrected chi connectivity index (χ1v) is 6.37. The lowest BCUT2D eigenvalue weighted by atomic mass is 10.1. The topological polar surface area (TPSA) is 55.4 Å². The fourth-order valence-electron chi connectivity index (χ4n) is 1.27. The molecule has 0 saturated heterocycles. The summed E-state index contributed by atoms with van der Waals surface area (Å²) in [7, 11) is 1.24. The van der Waals surface area contributed by atoms with E-state index in [2.05, 4.69) is 10.1 Å². The van der Waals surface area contributed by atoms with Gasteiger partial charge in [0.05, 0.1) is 7.11 Å². The van der Waals surface area contributed by atoms with E-state index in [9.17, 15) is 9.59 Å². The summed E-state index contributed by atoms with van der Waals surface area (Å²) in [5, 5.41) is 2.68. The van der Waals surface area contributed by atoms with Crippen LogP contribution < -0.4 is 5.32 Å². The Morgan fingerprint density at radius 3 is 2.59 bits per heavy atom. The third-order valence-electron chi connectivity index (χ3n) is 2.10. The molecule has 0 heterocycles. The molecule has 1 aromatic carbocycles. The van der Waals surface area contributed by atoms with E-state index in [4.69, 9.17) is 11.6 Å². The lowest BCUT2D eigenvalue weighted by molar-refractivity contribution is -0.112. The van der Waals surface area contributed by atoms with Gasteiger partial charge in [-0.1, -0.05) is 41.6 Å². The van der Waals surface area contributed by atoms with Crippen LogP contribution in [0.1, 0.15) is 11.6 Å². The van der Waals surface area contributed by atoms with E-state index in [1.165, 1.54) is 7.11 Å². The van der Waals surface area contributed by atoms with Crippen molar-refractivity contribution in [2.24, 2.45) is 0 Å². The number of halogens is 1. The predicted molar refractivity (Wildman–Crippen MR) is 68.3 cm³/mol. The van der Waals surface area contributed by atoms with Gasteiger partial charge in [0, 0.05) is 10.6 Å². The van der Waals surface area contributed by atoms with E-state index in [1.807, 2.05) is 0 Å². The number of methoxy groups -OCH3 is 1. The van der Waals surface area contributed by atoms with Gasteiger partial charge < -0.3 is 10.1 Å². The van der Waals surface area contributed by atoms with Gasteiger partial charge in [-0.3, -0.25) is 4.79 Å². The van der Waals surface area contributed by atoms with Gasteiger partial charge in [-0.2, -0.15) is 0 Å². The van der Waals surface area contributed by atoms with E-state index >= 15 is 0 Å². The first kappa shape index (κ1) is 13.9. The molecule has 17 heavy (non-hydrogen) atoms. The lowest BCUT2D eigenvalue weighted by Gasteiger charge is -2.17.